The first-order valence-corrected chi connectivity index (χ1v) is 11.1. The molecule has 0 aliphatic carbocycles. The fourth-order valence-electron chi connectivity index (χ4n) is 3.74. The zero-order chi connectivity index (χ0) is 25.7. The van der Waals surface area contributed by atoms with Gasteiger partial charge in [0.25, 0.3) is 5.56 Å². The van der Waals surface area contributed by atoms with Gasteiger partial charge in [0, 0.05) is 6.42 Å². The molecule has 0 aliphatic heterocycles. The van der Waals surface area contributed by atoms with Crippen LogP contribution in [0.3, 0.4) is 0 Å². The summed E-state index contributed by atoms with van der Waals surface area (Å²) in [6.45, 7) is -0.0515. The van der Waals surface area contributed by atoms with Crippen LogP contribution in [0.5, 0.6) is 11.5 Å². The summed E-state index contributed by atoms with van der Waals surface area (Å²) >= 11 is 0. The van der Waals surface area contributed by atoms with Crippen LogP contribution in [-0.4, -0.2) is 33.9 Å². The number of carboxylic acid groups (broad SMARTS) is 1. The summed E-state index contributed by atoms with van der Waals surface area (Å²) in [6, 6.07) is 16.4. The molecule has 8 nitrogen and oxygen atoms in total. The molecule has 4 rings (SSSR count). The molecule has 1 aromatic heterocycles. The number of hydrogen-bond acceptors (Lipinski definition) is 6. The molecule has 0 radical (unpaired) electrons. The summed E-state index contributed by atoms with van der Waals surface area (Å²) in [7, 11) is 1.56. The Balaban J connectivity index is 1.52. The highest BCUT2D eigenvalue weighted by molar-refractivity contribution is 5.95. The van der Waals surface area contributed by atoms with E-state index in [2.05, 4.69) is 9.97 Å². The summed E-state index contributed by atoms with van der Waals surface area (Å²) in [4.78, 5) is 43.1. The van der Waals surface area contributed by atoms with E-state index in [4.69, 9.17) is 14.6 Å². The highest BCUT2D eigenvalue weighted by atomic mass is 19.1. The SMILES string of the molecule is COc1cccc(CCC(=O)c2nc3ccc(F)c(OCc4ccc(CC(=O)O)cc4)c3c(=O)[nH]2)c1. The fraction of sp³-hybridized carbons (Fsp3) is 0.185. The number of aryl methyl sites for hydroxylation is 1. The summed E-state index contributed by atoms with van der Waals surface area (Å²) in [5.74, 6) is -1.74. The van der Waals surface area contributed by atoms with Crippen molar-refractivity contribution >= 4 is 22.7 Å². The average molecular weight is 490 g/mol. The van der Waals surface area contributed by atoms with Gasteiger partial charge in [-0.2, -0.15) is 0 Å². The lowest BCUT2D eigenvalue weighted by Gasteiger charge is -2.11. The van der Waals surface area contributed by atoms with Gasteiger partial charge in [0.2, 0.25) is 0 Å². The Bertz CT molecular complexity index is 1480. The van der Waals surface area contributed by atoms with Crippen molar-refractivity contribution in [1.82, 2.24) is 9.97 Å². The number of H-pyrrole nitrogens is 1. The van der Waals surface area contributed by atoms with E-state index in [1.165, 1.54) is 6.07 Å². The highest BCUT2D eigenvalue weighted by Crippen LogP contribution is 2.26. The van der Waals surface area contributed by atoms with E-state index in [0.717, 1.165) is 11.6 Å². The van der Waals surface area contributed by atoms with Gasteiger partial charge in [0.1, 0.15) is 17.7 Å². The number of hydrogen-bond donors (Lipinski definition) is 2. The Morgan fingerprint density at radius 1 is 1.03 bits per heavy atom. The van der Waals surface area contributed by atoms with Gasteiger partial charge >= 0.3 is 5.97 Å². The number of ether oxygens (including phenoxy) is 2. The molecule has 184 valence electrons. The Kier molecular flexibility index (Phi) is 7.39. The van der Waals surface area contributed by atoms with Crippen LogP contribution in [-0.2, 0) is 24.2 Å². The van der Waals surface area contributed by atoms with E-state index in [-0.39, 0.29) is 47.7 Å². The highest BCUT2D eigenvalue weighted by Gasteiger charge is 2.18. The lowest BCUT2D eigenvalue weighted by atomic mass is 10.1. The predicted molar refractivity (Wildman–Crippen MR) is 130 cm³/mol. The third-order valence-corrected chi connectivity index (χ3v) is 5.58. The van der Waals surface area contributed by atoms with E-state index in [1.54, 1.807) is 37.4 Å². The molecule has 0 fully saturated rings. The van der Waals surface area contributed by atoms with Gasteiger partial charge in [-0.05, 0) is 47.4 Å². The quantitative estimate of drug-likeness (QED) is 0.321. The molecule has 0 bridgehead atoms. The van der Waals surface area contributed by atoms with Gasteiger partial charge in [-0.1, -0.05) is 36.4 Å². The van der Waals surface area contributed by atoms with Gasteiger partial charge in [0.05, 0.1) is 19.0 Å². The molecule has 4 aromatic rings. The number of carbonyl (C=O) groups excluding carboxylic acids is 1. The molecule has 1 heterocycles. The molecule has 9 heteroatoms. The second kappa shape index (κ2) is 10.8. The minimum atomic E-state index is -0.943. The molecule has 0 amide bonds. The third kappa shape index (κ3) is 5.75. The predicted octanol–water partition coefficient (Wildman–Crippen LogP) is 4.09. The van der Waals surface area contributed by atoms with Crippen molar-refractivity contribution in [3.8, 4) is 11.5 Å². The minimum absolute atomic E-state index is 0.0515. The lowest BCUT2D eigenvalue weighted by molar-refractivity contribution is -0.136. The number of ketones is 1. The molecular formula is C27H23FN2O6. The van der Waals surface area contributed by atoms with Crippen LogP contribution in [0.1, 0.15) is 33.7 Å². The maximum atomic E-state index is 14.6. The van der Waals surface area contributed by atoms with Crippen LogP contribution in [0.25, 0.3) is 10.9 Å². The summed E-state index contributed by atoms with van der Waals surface area (Å²) < 4.78 is 25.4. The first-order valence-electron chi connectivity index (χ1n) is 11.1. The lowest BCUT2D eigenvalue weighted by Crippen LogP contribution is -2.17. The number of Topliss-reactive ketones (excluding diaryl/α,β-unsaturated/α-hetero) is 1. The number of carbonyl (C=O) groups is 2. The van der Waals surface area contributed by atoms with E-state index < -0.39 is 17.3 Å². The maximum Gasteiger partial charge on any atom is 0.307 e. The minimum Gasteiger partial charge on any atom is -0.497 e. The van der Waals surface area contributed by atoms with Crippen molar-refractivity contribution in [3.05, 3.63) is 99.3 Å². The zero-order valence-electron chi connectivity index (χ0n) is 19.4. The average Bonchev–Trinajstić information content (AvgIpc) is 2.87. The molecule has 0 unspecified atom stereocenters. The maximum absolute atomic E-state index is 14.6. The van der Waals surface area contributed by atoms with Crippen LogP contribution in [0.4, 0.5) is 4.39 Å². The number of halogens is 1. The van der Waals surface area contributed by atoms with Gasteiger partial charge in [-0.3, -0.25) is 14.4 Å². The van der Waals surface area contributed by atoms with Crippen molar-refractivity contribution in [2.45, 2.75) is 25.9 Å². The molecule has 0 atom stereocenters. The smallest absolute Gasteiger partial charge is 0.307 e. The largest absolute Gasteiger partial charge is 0.497 e. The molecule has 3 aromatic carbocycles. The second-order valence-corrected chi connectivity index (χ2v) is 8.14. The van der Waals surface area contributed by atoms with Crippen LogP contribution < -0.4 is 15.0 Å². The first-order chi connectivity index (χ1) is 17.3. The topological polar surface area (TPSA) is 119 Å². The molecule has 2 N–H and O–H groups in total. The zero-order valence-corrected chi connectivity index (χ0v) is 19.4. The van der Waals surface area contributed by atoms with Crippen LogP contribution >= 0.6 is 0 Å². The number of methoxy groups -OCH3 is 1. The van der Waals surface area contributed by atoms with Gasteiger partial charge in [-0.15, -0.1) is 0 Å². The van der Waals surface area contributed by atoms with Gasteiger partial charge < -0.3 is 19.6 Å². The van der Waals surface area contributed by atoms with Crippen molar-refractivity contribution in [2.75, 3.05) is 7.11 Å². The number of carboxylic acids is 1. The van der Waals surface area contributed by atoms with E-state index in [1.807, 2.05) is 18.2 Å². The molecule has 0 aliphatic rings. The number of aliphatic carboxylic acids is 1. The number of nitrogens with zero attached hydrogens (tertiary/aromatic N) is 1. The number of rotatable bonds is 10. The van der Waals surface area contributed by atoms with E-state index >= 15 is 0 Å². The fourth-order valence-corrected chi connectivity index (χ4v) is 3.74. The number of fused-ring (bicyclic) bond motifs is 1. The Morgan fingerprint density at radius 3 is 2.50 bits per heavy atom. The number of aromatic nitrogens is 2. The molecule has 0 saturated carbocycles. The molecule has 0 spiro atoms. The van der Waals surface area contributed by atoms with Crippen molar-refractivity contribution in [2.24, 2.45) is 0 Å². The van der Waals surface area contributed by atoms with E-state index in [0.29, 0.717) is 23.3 Å². The molecular weight excluding hydrogens is 467 g/mol. The normalized spacial score (nSPS) is 10.8. The van der Waals surface area contributed by atoms with Gasteiger partial charge in [0.15, 0.2) is 23.2 Å². The summed E-state index contributed by atoms with van der Waals surface area (Å²) in [5, 5.41) is 8.77. The molecule has 36 heavy (non-hydrogen) atoms. The van der Waals surface area contributed by atoms with E-state index in [9.17, 15) is 18.8 Å². The van der Waals surface area contributed by atoms with Crippen molar-refractivity contribution in [3.63, 3.8) is 0 Å². The number of nitrogens with one attached hydrogen (secondary N) is 1. The van der Waals surface area contributed by atoms with Crippen molar-refractivity contribution < 1.29 is 28.6 Å². The number of benzene rings is 3. The number of aromatic amines is 1. The van der Waals surface area contributed by atoms with Crippen LogP contribution in [0.2, 0.25) is 0 Å². The monoisotopic (exact) mass is 490 g/mol. The summed E-state index contributed by atoms with van der Waals surface area (Å²) in [5.41, 5.74) is 1.63. The Labute approximate surface area is 205 Å². The van der Waals surface area contributed by atoms with Crippen LogP contribution in [0, 0.1) is 5.82 Å². The van der Waals surface area contributed by atoms with Gasteiger partial charge in [-0.25, -0.2) is 9.37 Å². The second-order valence-electron chi connectivity index (χ2n) is 8.14. The summed E-state index contributed by atoms with van der Waals surface area (Å²) in [6.07, 6.45) is 0.436. The first kappa shape index (κ1) is 24.6. The third-order valence-electron chi connectivity index (χ3n) is 5.58. The van der Waals surface area contributed by atoms with Crippen molar-refractivity contribution in [1.29, 1.82) is 0 Å². The Morgan fingerprint density at radius 2 is 1.78 bits per heavy atom. The van der Waals surface area contributed by atoms with Crippen LogP contribution in [0.15, 0.2) is 65.5 Å². The standard InChI is InChI=1S/C27H23FN2O6/c1-35-19-4-2-3-16(13-19)9-12-22(31)26-29-21-11-10-20(28)25(24(21)27(34)30-26)36-15-18-7-5-17(6-8-18)14-23(32)33/h2-8,10-11,13H,9,12,14-15H2,1H3,(H,32,33)(H,29,30,34). The Hall–Kier alpha value is -4.53. The molecule has 0 saturated heterocycles.